The lowest BCUT2D eigenvalue weighted by molar-refractivity contribution is 0.00667. The van der Waals surface area contributed by atoms with Crippen molar-refractivity contribution in [1.29, 1.82) is 0 Å². The second-order valence-corrected chi connectivity index (χ2v) is 6.44. The first-order chi connectivity index (χ1) is 12.2. The van der Waals surface area contributed by atoms with E-state index in [4.69, 9.17) is 18.5 Å². The van der Waals surface area contributed by atoms with Crippen molar-refractivity contribution in [2.24, 2.45) is 0 Å². The molecule has 1 saturated heterocycles. The summed E-state index contributed by atoms with van der Waals surface area (Å²) in [6.45, 7) is 7.87. The number of ether oxygens (including phenoxy) is 2. The largest absolute Gasteiger partial charge is 0.378 e. The van der Waals surface area contributed by atoms with Crippen LogP contribution in [-0.2, 0) is 29.0 Å². The van der Waals surface area contributed by atoms with E-state index in [0.29, 0.717) is 37.5 Å². The molecule has 1 aliphatic rings. The molecule has 0 radical (unpaired) electrons. The monoisotopic (exact) mass is 350 g/mol. The molecule has 3 rings (SSSR count). The van der Waals surface area contributed by atoms with Gasteiger partial charge in [-0.3, -0.25) is 4.90 Å². The molecule has 0 aromatic carbocycles. The first-order valence-corrected chi connectivity index (χ1v) is 8.71. The maximum Gasteiger partial charge on any atom is 0.252 e. The van der Waals surface area contributed by atoms with Crippen LogP contribution in [0.2, 0.25) is 0 Å². The average molecular weight is 350 g/mol. The van der Waals surface area contributed by atoms with Gasteiger partial charge in [0.2, 0.25) is 0 Å². The highest BCUT2D eigenvalue weighted by Crippen LogP contribution is 2.20. The molecule has 0 atom stereocenters. The first kappa shape index (κ1) is 18.0. The van der Waals surface area contributed by atoms with Crippen LogP contribution in [0.3, 0.4) is 0 Å². The summed E-state index contributed by atoms with van der Waals surface area (Å²) < 4.78 is 21.2. The van der Waals surface area contributed by atoms with Gasteiger partial charge in [-0.25, -0.2) is 0 Å². The van der Waals surface area contributed by atoms with Crippen LogP contribution in [0, 0.1) is 13.8 Å². The molecule has 1 fully saturated rings. The van der Waals surface area contributed by atoms with Gasteiger partial charge in [0.1, 0.15) is 12.4 Å². The topological polar surface area (TPSA) is 86.7 Å². The Hall–Kier alpha value is -1.77. The molecule has 0 aliphatic carbocycles. The number of piperidine rings is 1. The van der Waals surface area contributed by atoms with Crippen LogP contribution in [0.4, 0.5) is 0 Å². The van der Waals surface area contributed by atoms with Gasteiger partial charge in [-0.1, -0.05) is 10.3 Å². The minimum absolute atomic E-state index is 0.297. The molecule has 0 amide bonds. The number of methoxy groups -OCH3 is 1. The fourth-order valence-corrected chi connectivity index (χ4v) is 3.08. The van der Waals surface area contributed by atoms with Crippen molar-refractivity contribution in [2.75, 3.05) is 26.8 Å². The van der Waals surface area contributed by atoms with Gasteiger partial charge in [0, 0.05) is 38.7 Å². The molecule has 0 saturated carbocycles. The van der Waals surface area contributed by atoms with E-state index in [2.05, 4.69) is 20.2 Å². The molecule has 0 N–H and O–H groups in total. The minimum Gasteiger partial charge on any atom is -0.378 e. The molecule has 0 unspecified atom stereocenters. The summed E-state index contributed by atoms with van der Waals surface area (Å²) in [7, 11) is 1.60. The Labute approximate surface area is 147 Å². The number of rotatable bonds is 8. The maximum absolute atomic E-state index is 5.98. The Kier molecular flexibility index (Phi) is 6.17. The second kappa shape index (κ2) is 8.55. The Morgan fingerprint density at radius 3 is 2.64 bits per heavy atom. The number of hydrogen-bond acceptors (Lipinski definition) is 8. The zero-order chi connectivity index (χ0) is 17.6. The molecular weight excluding hydrogens is 324 g/mol. The highest BCUT2D eigenvalue weighted by atomic mass is 16.5. The lowest BCUT2D eigenvalue weighted by Crippen LogP contribution is -2.37. The number of aromatic nitrogens is 3. The van der Waals surface area contributed by atoms with Gasteiger partial charge in [-0.15, -0.1) is 0 Å². The van der Waals surface area contributed by atoms with Crippen LogP contribution in [0.25, 0.3) is 0 Å². The highest BCUT2D eigenvalue weighted by molar-refractivity contribution is 5.20. The van der Waals surface area contributed by atoms with Crippen molar-refractivity contribution >= 4 is 0 Å². The van der Waals surface area contributed by atoms with Crippen LogP contribution in [0.5, 0.6) is 0 Å². The first-order valence-electron chi connectivity index (χ1n) is 8.71. The molecule has 2 aromatic heterocycles. The van der Waals surface area contributed by atoms with Crippen LogP contribution in [-0.4, -0.2) is 53.1 Å². The predicted molar refractivity (Wildman–Crippen MR) is 88.9 cm³/mol. The third kappa shape index (κ3) is 4.87. The minimum atomic E-state index is 0.297. The predicted octanol–water partition coefficient (Wildman–Crippen LogP) is 2.04. The lowest BCUT2D eigenvalue weighted by atomic mass is 10.1. The summed E-state index contributed by atoms with van der Waals surface area (Å²) in [6.07, 6.45) is 3.02. The fraction of sp³-hybridized carbons (Fsp3) is 0.706. The van der Waals surface area contributed by atoms with E-state index in [1.807, 2.05) is 13.8 Å². The van der Waals surface area contributed by atoms with Crippen molar-refractivity contribution in [3.63, 3.8) is 0 Å². The Morgan fingerprint density at radius 2 is 1.96 bits per heavy atom. The summed E-state index contributed by atoms with van der Waals surface area (Å²) in [4.78, 5) is 6.68. The zero-order valence-corrected chi connectivity index (χ0v) is 15.2. The molecule has 1 aliphatic heterocycles. The summed E-state index contributed by atoms with van der Waals surface area (Å²) in [6, 6.07) is 0. The molecule has 0 bridgehead atoms. The molecule has 0 spiro atoms. The van der Waals surface area contributed by atoms with Gasteiger partial charge in [-0.05, 0) is 26.7 Å². The van der Waals surface area contributed by atoms with Crippen LogP contribution in [0.1, 0.15) is 41.6 Å². The summed E-state index contributed by atoms with van der Waals surface area (Å²) in [5.41, 5.74) is 2.20. The Morgan fingerprint density at radius 1 is 1.16 bits per heavy atom. The van der Waals surface area contributed by atoms with Crippen molar-refractivity contribution in [3.05, 3.63) is 28.7 Å². The molecule has 2 aromatic rings. The summed E-state index contributed by atoms with van der Waals surface area (Å²) in [5.74, 6) is 2.09. The zero-order valence-electron chi connectivity index (χ0n) is 15.2. The van der Waals surface area contributed by atoms with Crippen LogP contribution in [0.15, 0.2) is 9.05 Å². The normalized spacial score (nSPS) is 16.6. The van der Waals surface area contributed by atoms with Gasteiger partial charge in [-0.2, -0.15) is 4.98 Å². The lowest BCUT2D eigenvalue weighted by Gasteiger charge is -2.31. The number of nitrogens with zero attached hydrogens (tertiary/aromatic N) is 4. The van der Waals surface area contributed by atoms with Gasteiger partial charge < -0.3 is 18.5 Å². The number of aryl methyl sites for hydroxylation is 2. The van der Waals surface area contributed by atoms with E-state index in [0.717, 1.165) is 43.9 Å². The third-order valence-corrected chi connectivity index (χ3v) is 4.55. The standard InChI is InChI=1S/C17H26N4O4/c1-12-15(13(2)24-19-12)10-21-7-4-14(5-8-21)23-9-6-16-18-17(11-22-3)25-20-16/h14H,4-11H2,1-3H3. The van der Waals surface area contributed by atoms with E-state index >= 15 is 0 Å². The number of hydrogen-bond donors (Lipinski definition) is 0. The fourth-order valence-electron chi connectivity index (χ4n) is 3.08. The summed E-state index contributed by atoms with van der Waals surface area (Å²) in [5, 5.41) is 7.94. The van der Waals surface area contributed by atoms with Crippen LogP contribution < -0.4 is 0 Å². The quantitative estimate of drug-likeness (QED) is 0.715. The second-order valence-electron chi connectivity index (χ2n) is 6.44. The van der Waals surface area contributed by atoms with E-state index in [9.17, 15) is 0 Å². The van der Waals surface area contributed by atoms with E-state index < -0.39 is 0 Å². The molecular formula is C17H26N4O4. The Balaban J connectivity index is 1.36. The molecule has 25 heavy (non-hydrogen) atoms. The molecule has 138 valence electrons. The third-order valence-electron chi connectivity index (χ3n) is 4.55. The van der Waals surface area contributed by atoms with Gasteiger partial charge in [0.05, 0.1) is 18.4 Å². The van der Waals surface area contributed by atoms with Crippen molar-refractivity contribution in [3.8, 4) is 0 Å². The van der Waals surface area contributed by atoms with Crippen LogP contribution >= 0.6 is 0 Å². The molecule has 3 heterocycles. The van der Waals surface area contributed by atoms with E-state index in [1.165, 1.54) is 5.56 Å². The van der Waals surface area contributed by atoms with E-state index in [-0.39, 0.29) is 0 Å². The van der Waals surface area contributed by atoms with Crippen molar-refractivity contribution in [1.82, 2.24) is 20.2 Å². The molecule has 8 nitrogen and oxygen atoms in total. The maximum atomic E-state index is 5.98. The van der Waals surface area contributed by atoms with Crippen molar-refractivity contribution < 1.29 is 18.5 Å². The van der Waals surface area contributed by atoms with Crippen molar-refractivity contribution in [2.45, 2.75) is 52.4 Å². The van der Waals surface area contributed by atoms with Gasteiger partial charge >= 0.3 is 0 Å². The van der Waals surface area contributed by atoms with Gasteiger partial charge in [0.15, 0.2) is 5.82 Å². The molecule has 8 heteroatoms. The summed E-state index contributed by atoms with van der Waals surface area (Å²) >= 11 is 0. The van der Waals surface area contributed by atoms with Gasteiger partial charge in [0.25, 0.3) is 5.89 Å². The highest BCUT2D eigenvalue weighted by Gasteiger charge is 2.22. The van der Waals surface area contributed by atoms with E-state index in [1.54, 1.807) is 7.11 Å². The average Bonchev–Trinajstić information content (AvgIpc) is 3.18. The SMILES string of the molecule is COCc1nc(CCOC2CCN(Cc3c(C)noc3C)CC2)no1. The smallest absolute Gasteiger partial charge is 0.252 e. The Bertz CT molecular complexity index is 642. The number of likely N-dealkylation sites (tertiary alicyclic amines) is 1.